The molecule has 2 atom stereocenters. The summed E-state index contributed by atoms with van der Waals surface area (Å²) in [7, 11) is 2.03. The Balaban J connectivity index is 2.20. The van der Waals surface area contributed by atoms with E-state index in [1.165, 1.54) is 11.1 Å². The molecule has 0 fully saturated rings. The average molecular weight is 247 g/mol. The molecule has 0 bridgehead atoms. The van der Waals surface area contributed by atoms with E-state index in [-0.39, 0.29) is 11.7 Å². The molecule has 0 spiro atoms. The number of ether oxygens (including phenoxy) is 1. The third kappa shape index (κ3) is 2.76. The van der Waals surface area contributed by atoms with Gasteiger partial charge in [-0.1, -0.05) is 31.2 Å². The molecular formula is C16H25NO. The Hall–Kier alpha value is -0.860. The standard InChI is InChI=1S/C16H25NO/c1-5-16(2,3)18-14-11-10-12-8-6-7-9-13(12)15(14)17-4/h6-9,14-15,17H,5,10-11H2,1-4H3. The first-order valence-electron chi connectivity index (χ1n) is 7.00. The van der Waals surface area contributed by atoms with E-state index in [1.54, 1.807) is 0 Å². The number of hydrogen-bond acceptors (Lipinski definition) is 2. The van der Waals surface area contributed by atoms with Crippen LogP contribution in [0.2, 0.25) is 0 Å². The van der Waals surface area contributed by atoms with Crippen LogP contribution < -0.4 is 5.32 Å². The molecule has 0 heterocycles. The molecule has 0 amide bonds. The van der Waals surface area contributed by atoms with E-state index in [4.69, 9.17) is 4.74 Å². The van der Waals surface area contributed by atoms with Crippen LogP contribution in [-0.2, 0) is 11.2 Å². The van der Waals surface area contributed by atoms with E-state index < -0.39 is 0 Å². The molecule has 1 N–H and O–H groups in total. The molecule has 1 aliphatic carbocycles. The van der Waals surface area contributed by atoms with Crippen LogP contribution in [0, 0.1) is 0 Å². The minimum Gasteiger partial charge on any atom is -0.370 e. The van der Waals surface area contributed by atoms with Crippen LogP contribution in [0.25, 0.3) is 0 Å². The van der Waals surface area contributed by atoms with Crippen molar-refractivity contribution in [2.24, 2.45) is 0 Å². The van der Waals surface area contributed by atoms with Crippen LogP contribution in [0.15, 0.2) is 24.3 Å². The van der Waals surface area contributed by atoms with E-state index in [2.05, 4.69) is 50.4 Å². The molecule has 1 aliphatic rings. The van der Waals surface area contributed by atoms with Gasteiger partial charge in [-0.2, -0.15) is 0 Å². The summed E-state index contributed by atoms with van der Waals surface area (Å²) in [6.07, 6.45) is 3.55. The second-order valence-electron chi connectivity index (χ2n) is 5.77. The van der Waals surface area contributed by atoms with Gasteiger partial charge in [-0.25, -0.2) is 0 Å². The SMILES string of the molecule is CCC(C)(C)OC1CCc2ccccc2C1NC. The van der Waals surface area contributed by atoms with Crippen LogP contribution in [0.4, 0.5) is 0 Å². The van der Waals surface area contributed by atoms with E-state index in [0.29, 0.717) is 6.04 Å². The van der Waals surface area contributed by atoms with Gasteiger partial charge in [0.1, 0.15) is 0 Å². The van der Waals surface area contributed by atoms with Crippen molar-refractivity contribution in [3.05, 3.63) is 35.4 Å². The highest BCUT2D eigenvalue weighted by Gasteiger charge is 2.32. The molecule has 2 rings (SSSR count). The molecule has 100 valence electrons. The monoisotopic (exact) mass is 247 g/mol. The molecule has 0 radical (unpaired) electrons. The summed E-state index contributed by atoms with van der Waals surface area (Å²) < 4.78 is 6.33. The first-order valence-corrected chi connectivity index (χ1v) is 7.00. The summed E-state index contributed by atoms with van der Waals surface area (Å²) in [4.78, 5) is 0. The van der Waals surface area contributed by atoms with E-state index >= 15 is 0 Å². The summed E-state index contributed by atoms with van der Waals surface area (Å²) in [6.45, 7) is 6.55. The zero-order chi connectivity index (χ0) is 13.2. The van der Waals surface area contributed by atoms with Crippen molar-refractivity contribution in [1.82, 2.24) is 5.32 Å². The molecule has 0 saturated carbocycles. The summed E-state index contributed by atoms with van der Waals surface area (Å²) in [6, 6.07) is 9.03. The van der Waals surface area contributed by atoms with Crippen molar-refractivity contribution in [1.29, 1.82) is 0 Å². The minimum atomic E-state index is -0.0357. The lowest BCUT2D eigenvalue weighted by Gasteiger charge is -2.38. The predicted molar refractivity (Wildman–Crippen MR) is 75.8 cm³/mol. The van der Waals surface area contributed by atoms with E-state index in [9.17, 15) is 0 Å². The topological polar surface area (TPSA) is 21.3 Å². The Kier molecular flexibility index (Phi) is 4.08. The lowest BCUT2D eigenvalue weighted by atomic mass is 9.85. The number of aryl methyl sites for hydroxylation is 1. The predicted octanol–water partition coefficient (Wildman–Crippen LogP) is 3.47. The van der Waals surface area contributed by atoms with Crippen molar-refractivity contribution in [3.63, 3.8) is 0 Å². The molecule has 0 aliphatic heterocycles. The van der Waals surface area contributed by atoms with Crippen LogP contribution in [0.1, 0.15) is 50.8 Å². The first kappa shape index (κ1) is 13.6. The van der Waals surface area contributed by atoms with Gasteiger partial charge >= 0.3 is 0 Å². The van der Waals surface area contributed by atoms with Crippen molar-refractivity contribution >= 4 is 0 Å². The van der Waals surface area contributed by atoms with Gasteiger partial charge in [-0.15, -0.1) is 0 Å². The molecular weight excluding hydrogens is 222 g/mol. The summed E-state index contributed by atoms with van der Waals surface area (Å²) in [5.41, 5.74) is 2.83. The van der Waals surface area contributed by atoms with E-state index in [0.717, 1.165) is 19.3 Å². The number of likely N-dealkylation sites (N-methyl/N-ethyl adjacent to an activating group) is 1. The lowest BCUT2D eigenvalue weighted by Crippen LogP contribution is -2.41. The minimum absolute atomic E-state index is 0.0357. The lowest BCUT2D eigenvalue weighted by molar-refractivity contribution is -0.0929. The quantitative estimate of drug-likeness (QED) is 0.879. The van der Waals surface area contributed by atoms with Crippen LogP contribution in [-0.4, -0.2) is 18.8 Å². The summed E-state index contributed by atoms with van der Waals surface area (Å²) in [5.74, 6) is 0. The normalized spacial score (nSPS) is 23.8. The highest BCUT2D eigenvalue weighted by Crippen LogP contribution is 2.34. The second kappa shape index (κ2) is 5.41. The smallest absolute Gasteiger partial charge is 0.0780 e. The van der Waals surface area contributed by atoms with E-state index in [1.807, 2.05) is 7.05 Å². The molecule has 2 heteroatoms. The molecule has 1 aromatic carbocycles. The largest absolute Gasteiger partial charge is 0.370 e. The molecule has 2 nitrogen and oxygen atoms in total. The highest BCUT2D eigenvalue weighted by molar-refractivity contribution is 5.33. The van der Waals surface area contributed by atoms with Gasteiger partial charge in [0.25, 0.3) is 0 Å². The Morgan fingerprint density at radius 3 is 2.72 bits per heavy atom. The Labute approximate surface area is 111 Å². The highest BCUT2D eigenvalue weighted by atomic mass is 16.5. The number of rotatable bonds is 4. The van der Waals surface area contributed by atoms with Crippen LogP contribution >= 0.6 is 0 Å². The molecule has 0 aromatic heterocycles. The Morgan fingerprint density at radius 1 is 1.33 bits per heavy atom. The van der Waals surface area contributed by atoms with Crippen LogP contribution in [0.3, 0.4) is 0 Å². The van der Waals surface area contributed by atoms with Crippen molar-refractivity contribution < 1.29 is 4.74 Å². The molecule has 2 unspecified atom stereocenters. The fourth-order valence-electron chi connectivity index (χ4n) is 2.69. The van der Waals surface area contributed by atoms with Gasteiger partial charge in [0.15, 0.2) is 0 Å². The van der Waals surface area contributed by atoms with Crippen molar-refractivity contribution in [2.45, 2.75) is 57.8 Å². The number of hydrogen-bond donors (Lipinski definition) is 1. The third-order valence-electron chi connectivity index (χ3n) is 4.09. The van der Waals surface area contributed by atoms with Crippen molar-refractivity contribution in [3.8, 4) is 0 Å². The second-order valence-corrected chi connectivity index (χ2v) is 5.77. The number of benzene rings is 1. The fraction of sp³-hybridized carbons (Fsp3) is 0.625. The maximum atomic E-state index is 6.33. The Bertz CT molecular complexity index is 400. The van der Waals surface area contributed by atoms with Gasteiger partial charge in [0.2, 0.25) is 0 Å². The zero-order valence-corrected chi connectivity index (χ0v) is 12.0. The van der Waals surface area contributed by atoms with Gasteiger partial charge < -0.3 is 10.1 Å². The van der Waals surface area contributed by atoms with Gasteiger partial charge in [0.05, 0.1) is 17.7 Å². The first-order chi connectivity index (χ1) is 8.57. The van der Waals surface area contributed by atoms with Gasteiger partial charge in [-0.3, -0.25) is 0 Å². The molecule has 1 aromatic rings. The van der Waals surface area contributed by atoms with Gasteiger partial charge in [0, 0.05) is 0 Å². The number of nitrogens with one attached hydrogen (secondary N) is 1. The van der Waals surface area contributed by atoms with Crippen LogP contribution in [0.5, 0.6) is 0 Å². The fourth-order valence-corrected chi connectivity index (χ4v) is 2.69. The molecule has 18 heavy (non-hydrogen) atoms. The summed E-state index contributed by atoms with van der Waals surface area (Å²) in [5, 5.41) is 3.43. The molecule has 0 saturated heterocycles. The maximum absolute atomic E-state index is 6.33. The number of fused-ring (bicyclic) bond motifs is 1. The third-order valence-corrected chi connectivity index (χ3v) is 4.09. The maximum Gasteiger partial charge on any atom is 0.0780 e. The summed E-state index contributed by atoms with van der Waals surface area (Å²) >= 11 is 0. The zero-order valence-electron chi connectivity index (χ0n) is 12.0. The van der Waals surface area contributed by atoms with Crippen molar-refractivity contribution in [2.75, 3.05) is 7.05 Å². The Morgan fingerprint density at radius 2 is 2.06 bits per heavy atom. The average Bonchev–Trinajstić information content (AvgIpc) is 2.38. The van der Waals surface area contributed by atoms with Gasteiger partial charge in [-0.05, 0) is 51.3 Å².